The van der Waals surface area contributed by atoms with E-state index in [1.807, 2.05) is 0 Å². The molecule has 0 aliphatic heterocycles. The van der Waals surface area contributed by atoms with Crippen LogP contribution in [0.3, 0.4) is 0 Å². The smallest absolute Gasteiger partial charge is 0.0887 e. The van der Waals surface area contributed by atoms with E-state index in [2.05, 4.69) is 39.9 Å². The minimum Gasteiger partial charge on any atom is -0.0887 e. The van der Waals surface area contributed by atoms with Gasteiger partial charge in [-0.25, -0.2) is 0 Å². The van der Waals surface area contributed by atoms with Gasteiger partial charge in [0, 0.05) is 0 Å². The van der Waals surface area contributed by atoms with E-state index in [1.165, 1.54) is 31.1 Å². The van der Waals surface area contributed by atoms with Crippen molar-refractivity contribution in [2.45, 2.75) is 50.9 Å². The van der Waals surface area contributed by atoms with E-state index in [0.717, 1.165) is 11.8 Å². The van der Waals surface area contributed by atoms with Crippen molar-refractivity contribution in [3.63, 3.8) is 0 Å². The molecule has 2 aliphatic carbocycles. The van der Waals surface area contributed by atoms with Gasteiger partial charge in [-0.15, -0.1) is 0 Å². The lowest BCUT2D eigenvalue weighted by Gasteiger charge is -2.34. The topological polar surface area (TPSA) is 0 Å². The number of hydrogen-bond donors (Lipinski definition) is 0. The first kappa shape index (κ1) is 10.4. The van der Waals surface area contributed by atoms with Crippen molar-refractivity contribution in [2.75, 3.05) is 0 Å². The van der Waals surface area contributed by atoms with Crippen LogP contribution in [0.1, 0.15) is 56.6 Å². The Balaban J connectivity index is 2.14. The van der Waals surface area contributed by atoms with Crippen LogP contribution in [0.2, 0.25) is 0 Å². The lowest BCUT2D eigenvalue weighted by Crippen LogP contribution is -2.27. The van der Waals surface area contributed by atoms with Gasteiger partial charge in [0.2, 0.25) is 0 Å². The summed E-state index contributed by atoms with van der Waals surface area (Å²) in [5.41, 5.74) is 5.15. The summed E-state index contributed by atoms with van der Waals surface area (Å²) in [7, 11) is 2.23. The average Bonchev–Trinajstić information content (AvgIpc) is 2.49. The molecule has 2 atom stereocenters. The lowest BCUT2D eigenvalue weighted by atomic mass is 9.70. The molecule has 16 heavy (non-hydrogen) atoms. The Hall–Kier alpha value is -0.715. The molecule has 0 bridgehead atoms. The van der Waals surface area contributed by atoms with Gasteiger partial charge in [0.05, 0.1) is 0 Å². The summed E-state index contributed by atoms with van der Waals surface area (Å²) in [5.74, 6) is 1.76. The summed E-state index contributed by atoms with van der Waals surface area (Å²) < 4.78 is 0. The Labute approximate surface area is 99.9 Å². The molecule has 0 spiro atoms. The maximum absolute atomic E-state index is 2.46. The van der Waals surface area contributed by atoms with Gasteiger partial charge < -0.3 is 0 Å². The predicted octanol–water partition coefficient (Wildman–Crippen LogP) is 2.51. The van der Waals surface area contributed by atoms with Crippen molar-refractivity contribution in [2.24, 2.45) is 5.92 Å². The number of benzene rings is 1. The standard InChI is InChI=1S/C15H21B/c1-15(2)13-6-4-3-5-11(13)12-9-10(16)7-8-14(12)15/h7-9,11,13H,3-6,16H2,1-2H3/t11?,13-/m1/s1. The molecular formula is C15H21B. The Morgan fingerprint density at radius 2 is 1.94 bits per heavy atom. The van der Waals surface area contributed by atoms with E-state index in [9.17, 15) is 0 Å². The molecule has 0 nitrogen and oxygen atoms in total. The van der Waals surface area contributed by atoms with E-state index in [1.54, 1.807) is 11.1 Å². The van der Waals surface area contributed by atoms with Gasteiger partial charge in [-0.1, -0.05) is 50.4 Å². The van der Waals surface area contributed by atoms with Crippen LogP contribution in [0.15, 0.2) is 18.2 Å². The van der Waals surface area contributed by atoms with Crippen LogP contribution in [0.5, 0.6) is 0 Å². The summed E-state index contributed by atoms with van der Waals surface area (Å²) in [4.78, 5) is 0. The summed E-state index contributed by atoms with van der Waals surface area (Å²) in [6, 6.07) is 7.13. The van der Waals surface area contributed by atoms with E-state index >= 15 is 0 Å². The van der Waals surface area contributed by atoms with Crippen LogP contribution >= 0.6 is 0 Å². The molecular weight excluding hydrogens is 191 g/mol. The van der Waals surface area contributed by atoms with Gasteiger partial charge in [0.15, 0.2) is 0 Å². The van der Waals surface area contributed by atoms with E-state index < -0.39 is 0 Å². The third-order valence-corrected chi connectivity index (χ3v) is 4.99. The number of hydrogen-bond acceptors (Lipinski definition) is 0. The second-order valence-electron chi connectivity index (χ2n) is 6.31. The molecule has 1 fully saturated rings. The minimum absolute atomic E-state index is 0.411. The molecule has 0 radical (unpaired) electrons. The van der Waals surface area contributed by atoms with Gasteiger partial charge in [-0.3, -0.25) is 0 Å². The number of rotatable bonds is 0. The second kappa shape index (κ2) is 3.39. The van der Waals surface area contributed by atoms with Crippen LogP contribution in [-0.4, -0.2) is 7.85 Å². The Morgan fingerprint density at radius 1 is 1.19 bits per heavy atom. The van der Waals surface area contributed by atoms with E-state index in [0.29, 0.717) is 5.41 Å². The predicted molar refractivity (Wildman–Crippen MR) is 72.3 cm³/mol. The Kier molecular flexibility index (Phi) is 2.21. The summed E-state index contributed by atoms with van der Waals surface area (Å²) >= 11 is 0. The van der Waals surface area contributed by atoms with Crippen molar-refractivity contribution < 1.29 is 0 Å². The van der Waals surface area contributed by atoms with Crippen LogP contribution in [0.4, 0.5) is 0 Å². The highest BCUT2D eigenvalue weighted by Gasteiger charge is 2.46. The maximum atomic E-state index is 2.46. The Bertz CT molecular complexity index is 419. The molecule has 1 saturated carbocycles. The molecule has 0 amide bonds. The van der Waals surface area contributed by atoms with Gasteiger partial charge in [0.1, 0.15) is 7.85 Å². The zero-order chi connectivity index (χ0) is 11.3. The molecule has 1 heteroatoms. The normalized spacial score (nSPS) is 30.9. The van der Waals surface area contributed by atoms with E-state index in [4.69, 9.17) is 0 Å². The highest BCUT2D eigenvalue weighted by Crippen LogP contribution is 2.55. The highest BCUT2D eigenvalue weighted by atomic mass is 14.5. The fourth-order valence-corrected chi connectivity index (χ4v) is 4.14. The zero-order valence-corrected chi connectivity index (χ0v) is 10.7. The van der Waals surface area contributed by atoms with Gasteiger partial charge in [0.25, 0.3) is 0 Å². The quantitative estimate of drug-likeness (QED) is 0.579. The molecule has 1 unspecified atom stereocenters. The highest BCUT2D eigenvalue weighted by molar-refractivity contribution is 6.32. The SMILES string of the molecule is Bc1ccc2c(c1)C1CCCC[C@H]1C2(C)C. The van der Waals surface area contributed by atoms with Crippen LogP contribution in [0.25, 0.3) is 0 Å². The van der Waals surface area contributed by atoms with Gasteiger partial charge in [-0.05, 0) is 41.2 Å². The van der Waals surface area contributed by atoms with Crippen molar-refractivity contribution in [3.05, 3.63) is 29.3 Å². The van der Waals surface area contributed by atoms with Crippen molar-refractivity contribution >= 4 is 13.3 Å². The number of fused-ring (bicyclic) bond motifs is 3. The lowest BCUT2D eigenvalue weighted by molar-refractivity contribution is 0.233. The molecule has 0 saturated heterocycles. The third kappa shape index (κ3) is 1.30. The second-order valence-corrected chi connectivity index (χ2v) is 6.31. The first-order valence-electron chi connectivity index (χ1n) is 6.72. The van der Waals surface area contributed by atoms with Crippen molar-refractivity contribution in [3.8, 4) is 0 Å². The fraction of sp³-hybridized carbons (Fsp3) is 0.600. The summed E-state index contributed by atoms with van der Waals surface area (Å²) in [6.45, 7) is 4.91. The molecule has 0 N–H and O–H groups in total. The van der Waals surface area contributed by atoms with E-state index in [-0.39, 0.29) is 0 Å². The minimum atomic E-state index is 0.411. The van der Waals surface area contributed by atoms with Crippen LogP contribution in [-0.2, 0) is 5.41 Å². The molecule has 3 rings (SSSR count). The van der Waals surface area contributed by atoms with Gasteiger partial charge >= 0.3 is 0 Å². The van der Waals surface area contributed by atoms with Crippen molar-refractivity contribution in [1.82, 2.24) is 0 Å². The summed E-state index contributed by atoms with van der Waals surface area (Å²) in [6.07, 6.45) is 5.73. The van der Waals surface area contributed by atoms with Gasteiger partial charge in [-0.2, -0.15) is 0 Å². The van der Waals surface area contributed by atoms with Crippen LogP contribution in [0, 0.1) is 5.92 Å². The molecule has 2 aliphatic rings. The third-order valence-electron chi connectivity index (χ3n) is 4.99. The molecule has 1 aromatic carbocycles. The molecule has 0 aromatic heterocycles. The van der Waals surface area contributed by atoms with Crippen molar-refractivity contribution in [1.29, 1.82) is 0 Å². The monoisotopic (exact) mass is 212 g/mol. The first-order chi connectivity index (χ1) is 7.60. The molecule has 1 aromatic rings. The maximum Gasteiger partial charge on any atom is 0.139 e. The van der Waals surface area contributed by atoms with Crippen LogP contribution < -0.4 is 5.46 Å². The molecule has 84 valence electrons. The fourth-order valence-electron chi connectivity index (χ4n) is 4.14. The zero-order valence-electron chi connectivity index (χ0n) is 10.7. The average molecular weight is 212 g/mol. The Morgan fingerprint density at radius 3 is 2.75 bits per heavy atom. The first-order valence-corrected chi connectivity index (χ1v) is 6.72. The molecule has 0 heterocycles. The largest absolute Gasteiger partial charge is 0.139 e. The summed E-state index contributed by atoms with van der Waals surface area (Å²) in [5, 5.41) is 0.